The number of hydrogen-bond donors (Lipinski definition) is 2. The third kappa shape index (κ3) is 3.83. The number of fused-ring (bicyclic) bond motifs is 2. The Kier molecular flexibility index (Phi) is 5.15. The maximum Gasteiger partial charge on any atom is 0.220 e. The van der Waals surface area contributed by atoms with Gasteiger partial charge >= 0.3 is 0 Å². The van der Waals surface area contributed by atoms with Gasteiger partial charge in [-0.1, -0.05) is 6.07 Å². The molecule has 2 aromatic carbocycles. The van der Waals surface area contributed by atoms with Gasteiger partial charge in [0.2, 0.25) is 12.2 Å². The Hall–Kier alpha value is -4.37. The molecule has 9 heteroatoms. The monoisotopic (exact) mass is 481 g/mol. The first-order valence-electron chi connectivity index (χ1n) is 11.8. The van der Waals surface area contributed by atoms with Crippen molar-refractivity contribution in [2.24, 2.45) is 0 Å². The van der Waals surface area contributed by atoms with Gasteiger partial charge < -0.3 is 25.4 Å². The Labute approximate surface area is 208 Å². The largest absolute Gasteiger partial charge is 0.439 e. The van der Waals surface area contributed by atoms with Crippen LogP contribution in [0.4, 0.5) is 17.2 Å². The first kappa shape index (κ1) is 22.1. The van der Waals surface area contributed by atoms with Crippen LogP contribution in [0.3, 0.4) is 0 Å². The summed E-state index contributed by atoms with van der Waals surface area (Å²) in [6.07, 6.45) is 2.87. The number of ether oxygens (including phenoxy) is 2. The smallest absolute Gasteiger partial charge is 0.220 e. The fraction of sp³-hybridized carbons (Fsp3) is 0.222. The molecular weight excluding hydrogens is 454 g/mol. The molecule has 0 amide bonds. The molecule has 0 bridgehead atoms. The van der Waals surface area contributed by atoms with E-state index in [-0.39, 0.29) is 11.9 Å². The summed E-state index contributed by atoms with van der Waals surface area (Å²) in [4.78, 5) is 10.6. The average molecular weight is 482 g/mol. The number of nitrogens with one attached hydrogen (secondary N) is 1. The SMILES string of the molecule is Cc1cc(N2C(Nc3ccc4ncnc(N)c4c3)OCC2(C)C)ccc1Oc1cccc2ccnn12. The number of rotatable bonds is 5. The van der Waals surface area contributed by atoms with E-state index in [9.17, 15) is 0 Å². The highest BCUT2D eigenvalue weighted by atomic mass is 16.5. The lowest BCUT2D eigenvalue weighted by molar-refractivity contribution is 0.125. The highest BCUT2D eigenvalue weighted by molar-refractivity contribution is 5.90. The molecule has 3 N–H and O–H groups in total. The number of benzene rings is 2. The Balaban J connectivity index is 1.29. The molecule has 1 fully saturated rings. The summed E-state index contributed by atoms with van der Waals surface area (Å²) in [5, 5.41) is 8.67. The molecule has 0 radical (unpaired) electrons. The molecule has 1 aliphatic heterocycles. The average Bonchev–Trinajstić information content (AvgIpc) is 3.45. The standard InChI is InChI=1S/C27H27N7O2/c1-17-13-20(8-10-23(17)36-24-6-4-5-19-11-12-31-34(19)24)33-26(35-15-27(33,2)3)32-18-7-9-22-21(14-18)25(28)30-16-29-22/h4-14,16,26,32H,15H2,1-3H3,(H2,28,29,30). The number of pyridine rings is 1. The molecule has 6 rings (SSSR count). The van der Waals surface area contributed by atoms with Crippen LogP contribution in [0.1, 0.15) is 19.4 Å². The van der Waals surface area contributed by atoms with E-state index in [2.05, 4.69) is 51.3 Å². The minimum absolute atomic E-state index is 0.230. The van der Waals surface area contributed by atoms with E-state index >= 15 is 0 Å². The van der Waals surface area contributed by atoms with Crippen molar-refractivity contribution in [1.29, 1.82) is 0 Å². The molecule has 1 unspecified atom stereocenters. The Morgan fingerprint density at radius 3 is 2.83 bits per heavy atom. The van der Waals surface area contributed by atoms with Crippen LogP contribution in [0.5, 0.6) is 11.6 Å². The number of nitrogen functional groups attached to an aromatic ring is 1. The molecule has 3 aromatic heterocycles. The number of aryl methyl sites for hydroxylation is 1. The number of anilines is 3. The zero-order chi connectivity index (χ0) is 24.9. The van der Waals surface area contributed by atoms with Crippen molar-refractivity contribution >= 4 is 33.6 Å². The minimum Gasteiger partial charge on any atom is -0.439 e. The van der Waals surface area contributed by atoms with Crippen LogP contribution < -0.4 is 20.7 Å². The van der Waals surface area contributed by atoms with Gasteiger partial charge in [0, 0.05) is 22.8 Å². The summed E-state index contributed by atoms with van der Waals surface area (Å²) < 4.78 is 14.2. The van der Waals surface area contributed by atoms with Gasteiger partial charge in [0.25, 0.3) is 0 Å². The minimum atomic E-state index is -0.368. The first-order chi connectivity index (χ1) is 17.4. The van der Waals surface area contributed by atoms with Crippen LogP contribution in [0.2, 0.25) is 0 Å². The lowest BCUT2D eigenvalue weighted by Crippen LogP contribution is -2.47. The van der Waals surface area contributed by atoms with Crippen molar-refractivity contribution < 1.29 is 9.47 Å². The van der Waals surface area contributed by atoms with E-state index in [1.165, 1.54) is 6.33 Å². The Morgan fingerprint density at radius 1 is 1.08 bits per heavy atom. The molecule has 182 valence electrons. The van der Waals surface area contributed by atoms with Gasteiger partial charge in [0.1, 0.15) is 17.9 Å². The van der Waals surface area contributed by atoms with Crippen LogP contribution in [0.15, 0.2) is 73.2 Å². The van der Waals surface area contributed by atoms with Crippen molar-refractivity contribution in [2.75, 3.05) is 22.6 Å². The molecular formula is C27H27N7O2. The zero-order valence-electron chi connectivity index (χ0n) is 20.3. The molecule has 5 aromatic rings. The topological polar surface area (TPSA) is 103 Å². The number of hydrogen-bond acceptors (Lipinski definition) is 8. The normalized spacial score (nSPS) is 17.1. The highest BCUT2D eigenvalue weighted by Gasteiger charge is 2.41. The van der Waals surface area contributed by atoms with E-state index in [0.29, 0.717) is 18.3 Å². The van der Waals surface area contributed by atoms with E-state index in [4.69, 9.17) is 15.2 Å². The van der Waals surface area contributed by atoms with Crippen molar-refractivity contribution in [3.63, 3.8) is 0 Å². The molecule has 9 nitrogen and oxygen atoms in total. The van der Waals surface area contributed by atoms with E-state index in [0.717, 1.165) is 39.1 Å². The third-order valence-corrected chi connectivity index (χ3v) is 6.48. The van der Waals surface area contributed by atoms with Gasteiger partial charge in [0.05, 0.1) is 29.4 Å². The summed E-state index contributed by atoms with van der Waals surface area (Å²) in [7, 11) is 0. The van der Waals surface area contributed by atoms with Crippen LogP contribution in [0.25, 0.3) is 16.4 Å². The second-order valence-corrected chi connectivity index (χ2v) is 9.56. The quantitative estimate of drug-likeness (QED) is 0.363. The first-order valence-corrected chi connectivity index (χ1v) is 11.8. The Morgan fingerprint density at radius 2 is 1.97 bits per heavy atom. The maximum absolute atomic E-state index is 6.24. The molecule has 36 heavy (non-hydrogen) atoms. The second kappa shape index (κ2) is 8.39. The van der Waals surface area contributed by atoms with Crippen LogP contribution in [0, 0.1) is 6.92 Å². The summed E-state index contributed by atoms with van der Waals surface area (Å²) in [6, 6.07) is 19.8. The molecule has 4 heterocycles. The van der Waals surface area contributed by atoms with Crippen molar-refractivity contribution in [2.45, 2.75) is 32.7 Å². The molecule has 1 saturated heterocycles. The lowest BCUT2D eigenvalue weighted by atomic mass is 10.0. The van der Waals surface area contributed by atoms with Gasteiger partial charge in [-0.3, -0.25) is 0 Å². The molecule has 0 aliphatic carbocycles. The summed E-state index contributed by atoms with van der Waals surface area (Å²) >= 11 is 0. The van der Waals surface area contributed by atoms with Crippen LogP contribution in [-0.4, -0.2) is 38.1 Å². The van der Waals surface area contributed by atoms with Crippen molar-refractivity contribution in [1.82, 2.24) is 19.6 Å². The van der Waals surface area contributed by atoms with Gasteiger partial charge in [-0.05, 0) is 74.9 Å². The third-order valence-electron chi connectivity index (χ3n) is 6.48. The molecule has 1 atom stereocenters. The second-order valence-electron chi connectivity index (χ2n) is 9.56. The number of aromatic nitrogens is 4. The summed E-state index contributed by atoms with van der Waals surface area (Å²) in [6.45, 7) is 6.95. The fourth-order valence-corrected chi connectivity index (χ4v) is 4.66. The highest BCUT2D eigenvalue weighted by Crippen LogP contribution is 2.37. The van der Waals surface area contributed by atoms with Gasteiger partial charge in [-0.15, -0.1) is 0 Å². The predicted molar refractivity (Wildman–Crippen MR) is 140 cm³/mol. The summed E-state index contributed by atoms with van der Waals surface area (Å²) in [5.41, 5.74) is 10.5. The number of nitrogens with zero attached hydrogens (tertiary/aromatic N) is 5. The van der Waals surface area contributed by atoms with Gasteiger partial charge in [-0.2, -0.15) is 5.10 Å². The van der Waals surface area contributed by atoms with Gasteiger partial charge in [-0.25, -0.2) is 14.5 Å². The predicted octanol–water partition coefficient (Wildman–Crippen LogP) is 4.97. The fourth-order valence-electron chi connectivity index (χ4n) is 4.66. The van der Waals surface area contributed by atoms with E-state index < -0.39 is 0 Å². The zero-order valence-corrected chi connectivity index (χ0v) is 20.3. The van der Waals surface area contributed by atoms with E-state index in [1.54, 1.807) is 10.7 Å². The van der Waals surface area contributed by atoms with Crippen LogP contribution >= 0.6 is 0 Å². The molecule has 0 saturated carbocycles. The lowest BCUT2D eigenvalue weighted by Gasteiger charge is -2.36. The van der Waals surface area contributed by atoms with Crippen molar-refractivity contribution in [3.05, 3.63) is 78.8 Å². The summed E-state index contributed by atoms with van der Waals surface area (Å²) in [5.74, 6) is 1.89. The Bertz CT molecular complexity index is 1580. The van der Waals surface area contributed by atoms with Gasteiger partial charge in [0.15, 0.2) is 0 Å². The van der Waals surface area contributed by atoms with Crippen LogP contribution in [-0.2, 0) is 4.74 Å². The number of nitrogens with two attached hydrogens (primary N) is 1. The molecule has 0 spiro atoms. The van der Waals surface area contributed by atoms with Crippen molar-refractivity contribution in [3.8, 4) is 11.6 Å². The van der Waals surface area contributed by atoms with E-state index in [1.807, 2.05) is 55.5 Å². The molecule has 1 aliphatic rings. The maximum atomic E-state index is 6.24.